The van der Waals surface area contributed by atoms with Gasteiger partial charge < -0.3 is 15.0 Å². The Bertz CT molecular complexity index is 934. The van der Waals surface area contributed by atoms with Crippen LogP contribution < -0.4 is 5.32 Å². The molecule has 0 unspecified atom stereocenters. The zero-order valence-electron chi connectivity index (χ0n) is 19.8. The SMILES string of the molecule is O=C(NCC1CCCCC1)OC1(c2ccccc2)CCN(C(=O)CCc2ccc(F)cc2)CC1. The molecule has 1 heterocycles. The van der Waals surface area contributed by atoms with Gasteiger partial charge in [-0.15, -0.1) is 0 Å². The number of benzene rings is 2. The number of amides is 2. The van der Waals surface area contributed by atoms with Crippen molar-refractivity contribution in [3.05, 3.63) is 71.5 Å². The Morgan fingerprint density at radius 3 is 2.32 bits per heavy atom. The Hall–Kier alpha value is -2.89. The van der Waals surface area contributed by atoms with E-state index in [1.807, 2.05) is 35.2 Å². The number of rotatable bonds is 7. The highest BCUT2D eigenvalue weighted by Crippen LogP contribution is 2.37. The standard InChI is InChI=1S/C28H35FN2O3/c29-25-14-11-22(12-15-25)13-16-26(32)31-19-17-28(18-20-31,24-9-5-2-6-10-24)34-27(33)30-21-23-7-3-1-4-8-23/h2,5-6,9-12,14-15,23H,1,3-4,7-8,13,16-21H2,(H,30,33). The fourth-order valence-electron chi connectivity index (χ4n) is 5.20. The highest BCUT2D eigenvalue weighted by atomic mass is 19.1. The summed E-state index contributed by atoms with van der Waals surface area (Å²) in [6, 6.07) is 16.2. The zero-order valence-corrected chi connectivity index (χ0v) is 19.8. The van der Waals surface area contributed by atoms with Gasteiger partial charge in [0.2, 0.25) is 5.91 Å². The van der Waals surface area contributed by atoms with Crippen molar-refractivity contribution >= 4 is 12.0 Å². The lowest BCUT2D eigenvalue weighted by atomic mass is 9.84. The first kappa shape index (κ1) is 24.2. The smallest absolute Gasteiger partial charge is 0.408 e. The van der Waals surface area contributed by atoms with Crippen LogP contribution in [0.15, 0.2) is 54.6 Å². The molecule has 0 spiro atoms. The minimum atomic E-state index is -0.731. The molecule has 5 nitrogen and oxygen atoms in total. The lowest BCUT2D eigenvalue weighted by Crippen LogP contribution is -2.48. The summed E-state index contributed by atoms with van der Waals surface area (Å²) < 4.78 is 19.2. The quantitative estimate of drug-likeness (QED) is 0.579. The molecule has 1 aliphatic carbocycles. The second-order valence-corrected chi connectivity index (χ2v) is 9.64. The van der Waals surface area contributed by atoms with Crippen LogP contribution in [0, 0.1) is 11.7 Å². The minimum absolute atomic E-state index is 0.0766. The first-order valence-corrected chi connectivity index (χ1v) is 12.6. The number of carbonyl (C=O) groups is 2. The maximum atomic E-state index is 13.1. The molecule has 2 aromatic rings. The number of likely N-dealkylation sites (tertiary alicyclic amines) is 1. The largest absolute Gasteiger partial charge is 0.438 e. The second-order valence-electron chi connectivity index (χ2n) is 9.64. The molecule has 0 aromatic heterocycles. The van der Waals surface area contributed by atoms with Crippen molar-refractivity contribution in [3.8, 4) is 0 Å². The van der Waals surface area contributed by atoms with E-state index < -0.39 is 5.60 Å². The predicted octanol–water partition coefficient (Wildman–Crippen LogP) is 5.58. The molecule has 2 fully saturated rings. The molecule has 2 amide bonds. The van der Waals surface area contributed by atoms with Gasteiger partial charge in [-0.25, -0.2) is 9.18 Å². The molecule has 182 valence electrons. The highest BCUT2D eigenvalue weighted by Gasteiger charge is 2.41. The number of hydrogen-bond donors (Lipinski definition) is 1. The molecule has 0 bridgehead atoms. The third kappa shape index (κ3) is 6.37. The van der Waals surface area contributed by atoms with E-state index in [2.05, 4.69) is 5.32 Å². The molecule has 1 N–H and O–H groups in total. The van der Waals surface area contributed by atoms with Crippen LogP contribution in [0.4, 0.5) is 9.18 Å². The van der Waals surface area contributed by atoms with Gasteiger partial charge >= 0.3 is 6.09 Å². The van der Waals surface area contributed by atoms with Gasteiger partial charge in [-0.05, 0) is 48.4 Å². The maximum Gasteiger partial charge on any atom is 0.408 e. The van der Waals surface area contributed by atoms with Crippen LogP contribution >= 0.6 is 0 Å². The number of carbonyl (C=O) groups excluding carboxylic acids is 2. The number of piperidine rings is 1. The Morgan fingerprint density at radius 1 is 0.971 bits per heavy atom. The van der Waals surface area contributed by atoms with Crippen LogP contribution in [0.1, 0.15) is 62.5 Å². The fourth-order valence-corrected chi connectivity index (χ4v) is 5.20. The highest BCUT2D eigenvalue weighted by molar-refractivity contribution is 5.76. The Kier molecular flexibility index (Phi) is 8.20. The van der Waals surface area contributed by atoms with Crippen molar-refractivity contribution < 1.29 is 18.7 Å². The number of nitrogens with zero attached hydrogens (tertiary/aromatic N) is 1. The van der Waals surface area contributed by atoms with E-state index in [4.69, 9.17) is 4.74 Å². The van der Waals surface area contributed by atoms with Gasteiger partial charge in [0, 0.05) is 38.9 Å². The Morgan fingerprint density at radius 2 is 1.65 bits per heavy atom. The van der Waals surface area contributed by atoms with E-state index in [1.54, 1.807) is 12.1 Å². The molecule has 1 saturated heterocycles. The summed E-state index contributed by atoms with van der Waals surface area (Å²) in [5.41, 5.74) is 1.19. The monoisotopic (exact) mass is 466 g/mol. The van der Waals surface area contributed by atoms with Gasteiger partial charge in [0.25, 0.3) is 0 Å². The number of alkyl carbamates (subject to hydrolysis) is 1. The van der Waals surface area contributed by atoms with E-state index in [9.17, 15) is 14.0 Å². The summed E-state index contributed by atoms with van der Waals surface area (Å²) in [5, 5.41) is 3.00. The number of aryl methyl sites for hydroxylation is 1. The third-order valence-electron chi connectivity index (χ3n) is 7.31. The van der Waals surface area contributed by atoms with Crippen LogP contribution in [0.5, 0.6) is 0 Å². The normalized spacial score (nSPS) is 18.3. The molecule has 1 aliphatic heterocycles. The molecule has 2 aromatic carbocycles. The summed E-state index contributed by atoms with van der Waals surface area (Å²) in [4.78, 5) is 27.5. The van der Waals surface area contributed by atoms with Gasteiger partial charge in [-0.2, -0.15) is 0 Å². The summed E-state index contributed by atoms with van der Waals surface area (Å²) in [6.45, 7) is 1.73. The van der Waals surface area contributed by atoms with Gasteiger partial charge in [-0.1, -0.05) is 61.7 Å². The zero-order chi connectivity index (χ0) is 23.8. The molecular weight excluding hydrogens is 431 g/mol. The fraction of sp³-hybridized carbons (Fsp3) is 0.500. The van der Waals surface area contributed by atoms with Gasteiger partial charge in [-0.3, -0.25) is 4.79 Å². The number of ether oxygens (including phenoxy) is 1. The Balaban J connectivity index is 1.34. The van der Waals surface area contributed by atoms with Crippen LogP contribution in [-0.2, 0) is 21.6 Å². The topological polar surface area (TPSA) is 58.6 Å². The number of hydrogen-bond acceptors (Lipinski definition) is 3. The molecule has 0 radical (unpaired) electrons. The van der Waals surface area contributed by atoms with E-state index in [-0.39, 0.29) is 17.8 Å². The average molecular weight is 467 g/mol. The first-order valence-electron chi connectivity index (χ1n) is 12.6. The van der Waals surface area contributed by atoms with Crippen molar-refractivity contribution in [3.63, 3.8) is 0 Å². The van der Waals surface area contributed by atoms with Gasteiger partial charge in [0.1, 0.15) is 11.4 Å². The third-order valence-corrected chi connectivity index (χ3v) is 7.31. The molecular formula is C28H35FN2O3. The van der Waals surface area contributed by atoms with Gasteiger partial charge in [0.15, 0.2) is 0 Å². The lowest BCUT2D eigenvalue weighted by Gasteiger charge is -2.41. The first-order chi connectivity index (χ1) is 16.5. The molecule has 34 heavy (non-hydrogen) atoms. The molecule has 2 aliphatic rings. The van der Waals surface area contributed by atoms with E-state index in [0.717, 1.165) is 11.1 Å². The average Bonchev–Trinajstić information content (AvgIpc) is 2.88. The molecule has 4 rings (SSSR count). The van der Waals surface area contributed by atoms with Crippen molar-refractivity contribution in [2.45, 2.75) is 63.4 Å². The predicted molar refractivity (Wildman–Crippen MR) is 130 cm³/mol. The van der Waals surface area contributed by atoms with Gasteiger partial charge in [0.05, 0.1) is 0 Å². The summed E-state index contributed by atoms with van der Waals surface area (Å²) in [6.07, 6.45) is 7.82. The second kappa shape index (κ2) is 11.5. The Labute approximate surface area is 201 Å². The maximum absolute atomic E-state index is 13.1. The minimum Gasteiger partial charge on any atom is -0.438 e. The van der Waals surface area contributed by atoms with Crippen LogP contribution in [-0.4, -0.2) is 36.5 Å². The van der Waals surface area contributed by atoms with E-state index in [1.165, 1.54) is 44.2 Å². The lowest BCUT2D eigenvalue weighted by molar-refractivity contribution is -0.135. The van der Waals surface area contributed by atoms with Crippen molar-refractivity contribution in [2.75, 3.05) is 19.6 Å². The molecule has 1 saturated carbocycles. The summed E-state index contributed by atoms with van der Waals surface area (Å²) in [5.74, 6) is 0.341. The van der Waals surface area contributed by atoms with Crippen LogP contribution in [0.3, 0.4) is 0 Å². The van der Waals surface area contributed by atoms with Crippen LogP contribution in [0.2, 0.25) is 0 Å². The van der Waals surface area contributed by atoms with E-state index >= 15 is 0 Å². The molecule has 0 atom stereocenters. The van der Waals surface area contributed by atoms with Crippen molar-refractivity contribution in [1.82, 2.24) is 10.2 Å². The molecule has 6 heteroatoms. The van der Waals surface area contributed by atoms with Crippen molar-refractivity contribution in [1.29, 1.82) is 0 Å². The number of halogens is 1. The summed E-state index contributed by atoms with van der Waals surface area (Å²) in [7, 11) is 0. The summed E-state index contributed by atoms with van der Waals surface area (Å²) >= 11 is 0. The van der Waals surface area contributed by atoms with E-state index in [0.29, 0.717) is 51.2 Å². The van der Waals surface area contributed by atoms with Crippen molar-refractivity contribution in [2.24, 2.45) is 5.92 Å². The van der Waals surface area contributed by atoms with Crippen LogP contribution in [0.25, 0.3) is 0 Å². The number of nitrogens with one attached hydrogen (secondary N) is 1.